The second-order valence-electron chi connectivity index (χ2n) is 4.46. The van der Waals surface area contributed by atoms with E-state index in [9.17, 15) is 4.39 Å². The smallest absolute Gasteiger partial charge is 0.191 e. The molecule has 3 aromatic rings. The van der Waals surface area contributed by atoms with Crippen molar-refractivity contribution in [1.29, 1.82) is 0 Å². The van der Waals surface area contributed by atoms with Crippen LogP contribution in [0.5, 0.6) is 0 Å². The van der Waals surface area contributed by atoms with Crippen LogP contribution >= 0.6 is 0 Å². The normalized spacial score (nSPS) is 12.0. The lowest BCUT2D eigenvalue weighted by Crippen LogP contribution is -2.15. The first-order valence-corrected chi connectivity index (χ1v) is 6.23. The first kappa shape index (κ1) is 13.0. The molecule has 0 bridgehead atoms. The molecule has 0 saturated carbocycles. The van der Waals surface area contributed by atoms with E-state index in [1.165, 1.54) is 10.7 Å². The number of amidine groups is 1. The van der Waals surface area contributed by atoms with E-state index in [2.05, 4.69) is 15.2 Å². The van der Waals surface area contributed by atoms with E-state index in [1.54, 1.807) is 36.5 Å². The molecule has 2 aromatic heterocycles. The summed E-state index contributed by atoms with van der Waals surface area (Å²) in [5, 5.41) is 16.7. The van der Waals surface area contributed by atoms with E-state index >= 15 is 0 Å². The molecule has 106 valence electrons. The van der Waals surface area contributed by atoms with E-state index in [4.69, 9.17) is 10.9 Å². The summed E-state index contributed by atoms with van der Waals surface area (Å²) in [6.07, 6.45) is 1.61. The number of oxime groups is 1. The lowest BCUT2D eigenvalue weighted by Gasteiger charge is -2.04. The molecule has 7 heteroatoms. The zero-order valence-corrected chi connectivity index (χ0v) is 10.9. The molecule has 0 unspecified atom stereocenters. The van der Waals surface area contributed by atoms with E-state index in [0.29, 0.717) is 22.3 Å². The van der Waals surface area contributed by atoms with Crippen LogP contribution in [0.25, 0.3) is 11.0 Å². The summed E-state index contributed by atoms with van der Waals surface area (Å²) in [6.45, 7) is 0.207. The third-order valence-corrected chi connectivity index (χ3v) is 3.14. The minimum atomic E-state index is -0.317. The number of nitrogens with two attached hydrogens (primary N) is 1. The summed E-state index contributed by atoms with van der Waals surface area (Å²) in [4.78, 5) is 4.23. The van der Waals surface area contributed by atoms with Crippen LogP contribution in [0, 0.1) is 5.82 Å². The van der Waals surface area contributed by atoms with E-state index in [0.717, 1.165) is 0 Å². The van der Waals surface area contributed by atoms with Gasteiger partial charge in [0.15, 0.2) is 11.5 Å². The van der Waals surface area contributed by atoms with Crippen LogP contribution in [0.3, 0.4) is 0 Å². The van der Waals surface area contributed by atoms with Crippen LogP contribution in [-0.2, 0) is 6.54 Å². The lowest BCUT2D eigenvalue weighted by atomic mass is 10.2. The molecule has 0 aliphatic carbocycles. The van der Waals surface area contributed by atoms with Crippen LogP contribution in [0.4, 0.5) is 4.39 Å². The summed E-state index contributed by atoms with van der Waals surface area (Å²) in [7, 11) is 0. The number of benzene rings is 1. The average Bonchev–Trinajstić information content (AvgIpc) is 2.88. The molecule has 3 rings (SSSR count). The topological polar surface area (TPSA) is 89.3 Å². The number of hydrogen-bond donors (Lipinski definition) is 2. The summed E-state index contributed by atoms with van der Waals surface area (Å²) >= 11 is 0. The van der Waals surface area contributed by atoms with Gasteiger partial charge in [0.1, 0.15) is 11.5 Å². The van der Waals surface area contributed by atoms with Gasteiger partial charge < -0.3 is 10.9 Å². The third kappa shape index (κ3) is 2.29. The summed E-state index contributed by atoms with van der Waals surface area (Å²) in [6, 6.07) is 9.93. The summed E-state index contributed by atoms with van der Waals surface area (Å²) in [5.74, 6) is -0.428. The first-order chi connectivity index (χ1) is 10.2. The number of nitrogens with zero attached hydrogens (tertiary/aromatic N) is 4. The van der Waals surface area contributed by atoms with Crippen LogP contribution in [-0.4, -0.2) is 25.8 Å². The van der Waals surface area contributed by atoms with Crippen LogP contribution < -0.4 is 5.73 Å². The first-order valence-electron chi connectivity index (χ1n) is 6.23. The van der Waals surface area contributed by atoms with Crippen LogP contribution in [0.2, 0.25) is 0 Å². The molecule has 0 aliphatic rings. The van der Waals surface area contributed by atoms with Crippen molar-refractivity contribution in [2.24, 2.45) is 10.9 Å². The molecule has 6 nitrogen and oxygen atoms in total. The third-order valence-electron chi connectivity index (χ3n) is 3.14. The zero-order chi connectivity index (χ0) is 14.8. The maximum atomic E-state index is 13.8. The highest BCUT2D eigenvalue weighted by atomic mass is 19.1. The van der Waals surface area contributed by atoms with Gasteiger partial charge in [-0.3, -0.25) is 0 Å². The molecule has 0 radical (unpaired) electrons. The Morgan fingerprint density at radius 2 is 2.10 bits per heavy atom. The molecule has 0 atom stereocenters. The standard InChI is InChI=1S/C14H12FN5O/c15-11-6-2-1-4-9(11)8-20-14-10(5-3-7-17-14)12(18-20)13(16)19-21/h1-7,21H,8H2,(H2,16,19). The van der Waals surface area contributed by atoms with Gasteiger partial charge in [-0.2, -0.15) is 5.10 Å². The maximum Gasteiger partial charge on any atom is 0.191 e. The van der Waals surface area contributed by atoms with Crippen molar-refractivity contribution in [1.82, 2.24) is 14.8 Å². The van der Waals surface area contributed by atoms with Crippen molar-refractivity contribution >= 4 is 16.9 Å². The predicted octanol–water partition coefficient (Wildman–Crippen LogP) is 1.71. The number of pyridine rings is 1. The second-order valence-corrected chi connectivity index (χ2v) is 4.46. The molecule has 2 heterocycles. The van der Waals surface area contributed by atoms with Crippen molar-refractivity contribution in [3.05, 3.63) is 59.7 Å². The zero-order valence-electron chi connectivity index (χ0n) is 10.9. The quantitative estimate of drug-likeness (QED) is 0.332. The van der Waals surface area contributed by atoms with E-state index < -0.39 is 0 Å². The van der Waals surface area contributed by atoms with Crippen LogP contribution in [0.1, 0.15) is 11.3 Å². The fourth-order valence-corrected chi connectivity index (χ4v) is 2.14. The van der Waals surface area contributed by atoms with Gasteiger partial charge in [-0.05, 0) is 18.2 Å². The Labute approximate surface area is 119 Å². The van der Waals surface area contributed by atoms with Crippen molar-refractivity contribution < 1.29 is 9.60 Å². The lowest BCUT2D eigenvalue weighted by molar-refractivity contribution is 0.318. The molecule has 0 aliphatic heterocycles. The number of halogens is 1. The highest BCUT2D eigenvalue weighted by Gasteiger charge is 2.15. The number of fused-ring (bicyclic) bond motifs is 1. The molecule has 1 aromatic carbocycles. The molecule has 0 saturated heterocycles. The maximum absolute atomic E-state index is 13.8. The Morgan fingerprint density at radius 3 is 2.86 bits per heavy atom. The molecular formula is C14H12FN5O. The minimum Gasteiger partial charge on any atom is -0.409 e. The SMILES string of the molecule is N/C(=N/O)c1nn(Cc2ccccc2F)c2ncccc12. The van der Waals surface area contributed by atoms with Gasteiger partial charge in [0.05, 0.1) is 11.9 Å². The van der Waals surface area contributed by atoms with Gasteiger partial charge in [0, 0.05) is 11.8 Å². The van der Waals surface area contributed by atoms with Gasteiger partial charge >= 0.3 is 0 Å². The Balaban J connectivity index is 2.13. The highest BCUT2D eigenvalue weighted by molar-refractivity contribution is 6.05. The number of hydrogen-bond acceptors (Lipinski definition) is 4. The van der Waals surface area contributed by atoms with Crippen molar-refractivity contribution in [3.63, 3.8) is 0 Å². The largest absolute Gasteiger partial charge is 0.409 e. The van der Waals surface area contributed by atoms with Crippen LogP contribution in [0.15, 0.2) is 47.8 Å². The number of rotatable bonds is 3. The molecule has 0 amide bonds. The monoisotopic (exact) mass is 285 g/mol. The Hall–Kier alpha value is -2.96. The summed E-state index contributed by atoms with van der Waals surface area (Å²) < 4.78 is 15.3. The summed E-state index contributed by atoms with van der Waals surface area (Å²) in [5.41, 5.74) is 6.96. The molecule has 3 N–H and O–H groups in total. The van der Waals surface area contributed by atoms with Gasteiger partial charge in [0.25, 0.3) is 0 Å². The predicted molar refractivity (Wildman–Crippen MR) is 75.5 cm³/mol. The molecular weight excluding hydrogens is 273 g/mol. The van der Waals surface area contributed by atoms with E-state index in [1.807, 2.05) is 0 Å². The van der Waals surface area contributed by atoms with Crippen molar-refractivity contribution in [3.8, 4) is 0 Å². The van der Waals surface area contributed by atoms with Gasteiger partial charge in [-0.15, -0.1) is 0 Å². The Bertz CT molecular complexity index is 827. The molecule has 21 heavy (non-hydrogen) atoms. The Kier molecular flexibility index (Phi) is 3.23. The minimum absolute atomic E-state index is 0.111. The average molecular weight is 285 g/mol. The highest BCUT2D eigenvalue weighted by Crippen LogP contribution is 2.18. The second kappa shape index (κ2) is 5.20. The fourth-order valence-electron chi connectivity index (χ4n) is 2.14. The van der Waals surface area contributed by atoms with Crippen molar-refractivity contribution in [2.75, 3.05) is 0 Å². The molecule has 0 spiro atoms. The number of aromatic nitrogens is 3. The van der Waals surface area contributed by atoms with Gasteiger partial charge in [-0.25, -0.2) is 14.1 Å². The van der Waals surface area contributed by atoms with Gasteiger partial charge in [-0.1, -0.05) is 23.4 Å². The molecule has 0 fully saturated rings. The van der Waals surface area contributed by atoms with Crippen molar-refractivity contribution in [2.45, 2.75) is 6.54 Å². The fraction of sp³-hybridized carbons (Fsp3) is 0.0714. The van der Waals surface area contributed by atoms with Gasteiger partial charge in [0.2, 0.25) is 0 Å². The Morgan fingerprint density at radius 1 is 1.29 bits per heavy atom. The van der Waals surface area contributed by atoms with E-state index in [-0.39, 0.29) is 18.2 Å².